The molecule has 14 heteroatoms. The number of thiazole rings is 1. The summed E-state index contributed by atoms with van der Waals surface area (Å²) in [4.78, 5) is 27.6. The Labute approximate surface area is 238 Å². The lowest BCUT2D eigenvalue weighted by atomic mass is 10.0. The Balaban J connectivity index is 1.24. The van der Waals surface area contributed by atoms with E-state index in [9.17, 15) is 18.0 Å². The van der Waals surface area contributed by atoms with Gasteiger partial charge in [-0.05, 0) is 48.7 Å². The van der Waals surface area contributed by atoms with Crippen molar-refractivity contribution in [1.82, 2.24) is 29.4 Å². The molecule has 0 radical (unpaired) electrons. The van der Waals surface area contributed by atoms with Crippen molar-refractivity contribution in [2.75, 3.05) is 62.9 Å². The van der Waals surface area contributed by atoms with Crippen molar-refractivity contribution in [2.24, 2.45) is 0 Å². The molecule has 1 saturated heterocycles. The number of hydrogen-bond acceptors (Lipinski definition) is 8. The van der Waals surface area contributed by atoms with E-state index in [0.29, 0.717) is 29.3 Å². The fourth-order valence-electron chi connectivity index (χ4n) is 4.27. The van der Waals surface area contributed by atoms with Crippen LogP contribution >= 0.6 is 11.3 Å². The van der Waals surface area contributed by atoms with Crippen molar-refractivity contribution >= 4 is 39.7 Å². The van der Waals surface area contributed by atoms with Crippen molar-refractivity contribution in [3.05, 3.63) is 64.4 Å². The Morgan fingerprint density at radius 3 is 2.56 bits per heavy atom. The van der Waals surface area contributed by atoms with Gasteiger partial charge in [0.1, 0.15) is 11.5 Å². The number of hydrogen-bond donors (Lipinski definition) is 2. The lowest BCUT2D eigenvalue weighted by Gasteiger charge is -2.33. The third-order valence-corrected chi connectivity index (χ3v) is 7.34. The van der Waals surface area contributed by atoms with Crippen LogP contribution in [0.25, 0.3) is 5.65 Å². The first-order chi connectivity index (χ1) is 19.5. The van der Waals surface area contributed by atoms with Crippen molar-refractivity contribution in [1.29, 1.82) is 0 Å². The highest BCUT2D eigenvalue weighted by atomic mass is 32.1. The predicted molar refractivity (Wildman–Crippen MR) is 152 cm³/mol. The van der Waals surface area contributed by atoms with Crippen LogP contribution in [0.2, 0.25) is 0 Å². The second-order valence-corrected chi connectivity index (χ2v) is 10.8. The van der Waals surface area contributed by atoms with Crippen molar-refractivity contribution < 1.29 is 18.0 Å². The molecule has 1 aromatic carbocycles. The second kappa shape index (κ2) is 11.7. The van der Waals surface area contributed by atoms with Gasteiger partial charge in [0.15, 0.2) is 10.8 Å². The normalized spacial score (nSPS) is 14.5. The van der Waals surface area contributed by atoms with E-state index >= 15 is 0 Å². The molecule has 1 aliphatic heterocycles. The zero-order chi connectivity index (χ0) is 29.1. The molecule has 1 fully saturated rings. The van der Waals surface area contributed by atoms with E-state index in [2.05, 4.69) is 42.4 Å². The number of fused-ring (bicyclic) bond motifs is 1. The fourth-order valence-corrected chi connectivity index (χ4v) is 4.93. The number of carbonyl (C=O) groups excluding carboxylic acids is 1. The zero-order valence-electron chi connectivity index (χ0n) is 22.7. The van der Waals surface area contributed by atoms with Crippen LogP contribution in [0, 0.1) is 11.8 Å². The molecule has 3 aromatic heterocycles. The first kappa shape index (κ1) is 28.3. The van der Waals surface area contributed by atoms with Crippen LogP contribution in [0.3, 0.4) is 0 Å². The number of aromatic nitrogens is 4. The lowest BCUT2D eigenvalue weighted by molar-refractivity contribution is -0.138. The maximum Gasteiger partial charge on any atom is 0.416 e. The Bertz CT molecular complexity index is 1610. The number of halogens is 3. The molecule has 10 nitrogen and oxygen atoms in total. The summed E-state index contributed by atoms with van der Waals surface area (Å²) in [5.74, 6) is 6.75. The molecule has 0 saturated carbocycles. The van der Waals surface area contributed by atoms with Gasteiger partial charge in [-0.3, -0.25) is 10.2 Å². The van der Waals surface area contributed by atoms with E-state index in [-0.39, 0.29) is 22.9 Å². The number of piperazine rings is 1. The van der Waals surface area contributed by atoms with Gasteiger partial charge >= 0.3 is 12.2 Å². The minimum atomic E-state index is -4.55. The van der Waals surface area contributed by atoms with Gasteiger partial charge in [-0.25, -0.2) is 19.3 Å². The van der Waals surface area contributed by atoms with Crippen LogP contribution in [-0.4, -0.2) is 82.7 Å². The van der Waals surface area contributed by atoms with Crippen LogP contribution < -0.4 is 15.5 Å². The second-order valence-electron chi connectivity index (χ2n) is 9.81. The number of carbonyl (C=O) groups is 1. The van der Waals surface area contributed by atoms with Gasteiger partial charge in [0.05, 0.1) is 22.8 Å². The van der Waals surface area contributed by atoms with E-state index in [1.165, 1.54) is 18.3 Å². The van der Waals surface area contributed by atoms with Crippen LogP contribution in [0.1, 0.15) is 21.7 Å². The van der Waals surface area contributed by atoms with Crippen LogP contribution in [0.15, 0.2) is 42.7 Å². The summed E-state index contributed by atoms with van der Waals surface area (Å²) in [5, 5.41) is 9.80. The quantitative estimate of drug-likeness (QED) is 0.343. The standard InChI is InChI=1S/C27H28F3N9OS/c1-36(2)24-9-8-23-31-15-20(39(23)35-24)6-7-21-16-32-26(41-21)34-25(40)33-19-5-4-18(22(14-19)27(28,29)30)17-38-12-10-37(3)11-13-38/h4-5,8-9,14-16H,10-13,17H2,1-3H3,(H2,32,33,34,40). The summed E-state index contributed by atoms with van der Waals surface area (Å²) >= 11 is 1.13. The number of urea groups is 1. The first-order valence-electron chi connectivity index (χ1n) is 12.7. The third-order valence-electron chi connectivity index (χ3n) is 6.51. The number of benzene rings is 1. The average Bonchev–Trinajstić information content (AvgIpc) is 3.55. The van der Waals surface area contributed by atoms with Gasteiger partial charge in [-0.15, -0.1) is 5.10 Å². The summed E-state index contributed by atoms with van der Waals surface area (Å²) in [6.07, 6.45) is -1.43. The monoisotopic (exact) mass is 583 g/mol. The molecule has 0 atom stereocenters. The molecule has 41 heavy (non-hydrogen) atoms. The third kappa shape index (κ3) is 6.94. The van der Waals surface area contributed by atoms with Gasteiger partial charge in [0.2, 0.25) is 0 Å². The molecular weight excluding hydrogens is 555 g/mol. The number of imidazole rings is 1. The zero-order valence-corrected chi connectivity index (χ0v) is 23.5. The summed E-state index contributed by atoms with van der Waals surface area (Å²) in [6.45, 7) is 3.20. The Morgan fingerprint density at radius 2 is 1.83 bits per heavy atom. The van der Waals surface area contributed by atoms with Gasteiger partial charge in [-0.1, -0.05) is 17.4 Å². The molecule has 0 unspecified atom stereocenters. The Kier molecular flexibility index (Phi) is 8.11. The Morgan fingerprint density at radius 1 is 1.05 bits per heavy atom. The predicted octanol–water partition coefficient (Wildman–Crippen LogP) is 4.06. The molecule has 2 N–H and O–H groups in total. The van der Waals surface area contributed by atoms with Crippen LogP contribution in [-0.2, 0) is 12.7 Å². The van der Waals surface area contributed by atoms with E-state index in [1.807, 2.05) is 43.1 Å². The molecule has 4 aromatic rings. The first-order valence-corrected chi connectivity index (χ1v) is 13.6. The van der Waals surface area contributed by atoms with Gasteiger partial charge in [0.25, 0.3) is 0 Å². The number of likely N-dealkylation sites (N-methyl/N-ethyl adjacent to an activating group) is 1. The lowest BCUT2D eigenvalue weighted by Crippen LogP contribution is -2.44. The molecule has 5 rings (SSSR count). The van der Waals surface area contributed by atoms with Crippen LogP contribution in [0.5, 0.6) is 0 Å². The molecule has 2 amide bonds. The highest BCUT2D eigenvalue weighted by Crippen LogP contribution is 2.34. The number of rotatable bonds is 5. The molecule has 0 aliphatic carbocycles. The highest BCUT2D eigenvalue weighted by molar-refractivity contribution is 7.16. The topological polar surface area (TPSA) is 93.9 Å². The van der Waals surface area contributed by atoms with E-state index in [1.54, 1.807) is 10.7 Å². The molecular formula is C27H28F3N9OS. The molecule has 0 spiro atoms. The van der Waals surface area contributed by atoms with Crippen LogP contribution in [0.4, 0.5) is 34.6 Å². The van der Waals surface area contributed by atoms with E-state index in [4.69, 9.17) is 0 Å². The largest absolute Gasteiger partial charge is 0.416 e. The fraction of sp³-hybridized carbons (Fsp3) is 0.333. The molecule has 214 valence electrons. The summed E-state index contributed by atoms with van der Waals surface area (Å²) in [5.41, 5.74) is 0.687. The average molecular weight is 584 g/mol. The number of amides is 2. The number of anilines is 3. The van der Waals surface area contributed by atoms with Crippen molar-refractivity contribution in [3.63, 3.8) is 0 Å². The molecule has 1 aliphatic rings. The number of alkyl halides is 3. The summed E-state index contributed by atoms with van der Waals surface area (Å²) in [7, 11) is 5.77. The molecule has 4 heterocycles. The number of nitrogens with zero attached hydrogens (tertiary/aromatic N) is 7. The van der Waals surface area contributed by atoms with Gasteiger partial charge in [-0.2, -0.15) is 13.2 Å². The maximum absolute atomic E-state index is 13.9. The smallest absolute Gasteiger partial charge is 0.361 e. The van der Waals surface area contributed by atoms with Crippen molar-refractivity contribution in [2.45, 2.75) is 12.7 Å². The van der Waals surface area contributed by atoms with E-state index in [0.717, 1.165) is 36.3 Å². The minimum absolute atomic E-state index is 0.0331. The minimum Gasteiger partial charge on any atom is -0.361 e. The van der Waals surface area contributed by atoms with Gasteiger partial charge < -0.3 is 15.1 Å². The summed E-state index contributed by atoms with van der Waals surface area (Å²) in [6, 6.07) is 6.86. The molecule has 0 bridgehead atoms. The maximum atomic E-state index is 13.9. The van der Waals surface area contributed by atoms with Crippen molar-refractivity contribution in [3.8, 4) is 11.8 Å². The van der Waals surface area contributed by atoms with Gasteiger partial charge in [0, 0.05) is 52.5 Å². The summed E-state index contributed by atoms with van der Waals surface area (Å²) < 4.78 is 43.2. The highest BCUT2D eigenvalue weighted by Gasteiger charge is 2.34. The Hall–Kier alpha value is -4.19. The van der Waals surface area contributed by atoms with E-state index < -0.39 is 17.8 Å². The number of nitrogens with one attached hydrogen (secondary N) is 2. The SMILES string of the molecule is CN1CCN(Cc2ccc(NC(=O)Nc3ncc(C#Cc4cnc5ccc(N(C)C)nn45)s3)cc2C(F)(F)F)CC1.